The minimum Gasteiger partial charge on any atom is -0.413 e. The number of hydrogen-bond donors (Lipinski definition) is 0. The maximum Gasteiger partial charge on any atom is 0.396 e. The lowest BCUT2D eigenvalue weighted by atomic mass is 10.0. The number of benzene rings is 3. The summed E-state index contributed by atoms with van der Waals surface area (Å²) in [6.07, 6.45) is 0. The van der Waals surface area contributed by atoms with Crippen LogP contribution in [0.3, 0.4) is 0 Å². The van der Waals surface area contributed by atoms with E-state index in [4.69, 9.17) is 4.42 Å². The van der Waals surface area contributed by atoms with E-state index in [1.165, 1.54) is 12.1 Å². The van der Waals surface area contributed by atoms with Crippen molar-refractivity contribution in [3.63, 3.8) is 0 Å². The van der Waals surface area contributed by atoms with E-state index in [2.05, 4.69) is 0 Å². The van der Waals surface area contributed by atoms with Crippen LogP contribution in [0.1, 0.15) is 39.2 Å². The third-order valence-corrected chi connectivity index (χ3v) is 7.81. The Balaban J connectivity index is 2.01. The molecule has 8 heteroatoms. The highest BCUT2D eigenvalue weighted by molar-refractivity contribution is 7.93. The maximum atomic E-state index is 13.8. The summed E-state index contributed by atoms with van der Waals surface area (Å²) in [6.45, 7) is 7.36. The second-order valence-electron chi connectivity index (χ2n) is 8.21. The minimum atomic E-state index is -4.21. The monoisotopic (exact) mass is 469 g/mol. The molecule has 0 radical (unpaired) electrons. The van der Waals surface area contributed by atoms with E-state index in [9.17, 15) is 18.0 Å². The molecule has 32 heavy (non-hydrogen) atoms. The number of rotatable bonds is 5. The fourth-order valence-electron chi connectivity index (χ4n) is 3.58. The lowest BCUT2D eigenvalue weighted by Gasteiger charge is -2.26. The summed E-state index contributed by atoms with van der Waals surface area (Å²) in [4.78, 5) is 24.7. The van der Waals surface area contributed by atoms with Crippen molar-refractivity contribution in [1.82, 2.24) is 0 Å². The van der Waals surface area contributed by atoms with Crippen LogP contribution >= 0.6 is 11.3 Å². The van der Waals surface area contributed by atoms with Crippen molar-refractivity contribution in [3.05, 3.63) is 69.9 Å². The van der Waals surface area contributed by atoms with E-state index in [1.807, 2.05) is 13.8 Å². The first-order chi connectivity index (χ1) is 15.1. The average Bonchev–Trinajstić information content (AvgIpc) is 3.14. The number of amides is 1. The highest BCUT2D eigenvalue weighted by atomic mass is 32.2. The van der Waals surface area contributed by atoms with Crippen molar-refractivity contribution in [2.45, 2.75) is 38.5 Å². The number of carbonyl (C=O) groups excluding carboxylic acids is 1. The van der Waals surface area contributed by atoms with Crippen LogP contribution in [0.15, 0.2) is 68.7 Å². The molecule has 0 spiro atoms. The lowest BCUT2D eigenvalue weighted by molar-refractivity contribution is -0.120. The van der Waals surface area contributed by atoms with Crippen LogP contribution in [0.2, 0.25) is 0 Å². The molecule has 0 aliphatic heterocycles. The Labute approximate surface area is 190 Å². The van der Waals surface area contributed by atoms with Crippen molar-refractivity contribution in [3.8, 4) is 0 Å². The van der Waals surface area contributed by atoms with Crippen LogP contribution in [0, 0.1) is 5.92 Å². The molecule has 166 valence electrons. The number of fused-ring (bicyclic) bond motifs is 3. The van der Waals surface area contributed by atoms with Crippen LogP contribution in [0.5, 0.6) is 0 Å². The van der Waals surface area contributed by atoms with Crippen LogP contribution in [0.25, 0.3) is 21.1 Å². The normalized spacial score (nSPS) is 12.2. The Morgan fingerprint density at radius 1 is 0.969 bits per heavy atom. The van der Waals surface area contributed by atoms with Gasteiger partial charge in [0.05, 0.1) is 15.3 Å². The predicted octanol–water partition coefficient (Wildman–Crippen LogP) is 5.51. The zero-order chi connectivity index (χ0) is 23.2. The molecule has 6 nitrogen and oxygen atoms in total. The van der Waals surface area contributed by atoms with Gasteiger partial charge < -0.3 is 4.42 Å². The van der Waals surface area contributed by atoms with Crippen LogP contribution in [-0.2, 0) is 14.8 Å². The van der Waals surface area contributed by atoms with Crippen molar-refractivity contribution in [2.75, 3.05) is 4.31 Å². The SMILES string of the molecule is CC(C)C(=O)N(c1cc2sc(=O)oc2c2ccccc12)S(=O)(=O)c1ccc(C(C)C)cc1. The molecule has 0 aliphatic carbocycles. The van der Waals surface area contributed by atoms with Gasteiger partial charge in [-0.25, -0.2) is 17.5 Å². The molecule has 3 aromatic carbocycles. The highest BCUT2D eigenvalue weighted by Gasteiger charge is 2.34. The van der Waals surface area contributed by atoms with E-state index in [0.29, 0.717) is 21.1 Å². The van der Waals surface area contributed by atoms with Gasteiger partial charge in [0.1, 0.15) is 0 Å². The van der Waals surface area contributed by atoms with E-state index in [0.717, 1.165) is 21.2 Å². The lowest BCUT2D eigenvalue weighted by Crippen LogP contribution is -2.39. The molecule has 4 aromatic rings. The van der Waals surface area contributed by atoms with Gasteiger partial charge in [0.15, 0.2) is 5.58 Å². The molecule has 0 saturated heterocycles. The summed E-state index contributed by atoms with van der Waals surface area (Å²) < 4.78 is 34.2. The maximum absolute atomic E-state index is 13.8. The number of sulfonamides is 1. The zero-order valence-electron chi connectivity index (χ0n) is 18.2. The van der Waals surface area contributed by atoms with Crippen LogP contribution < -0.4 is 9.24 Å². The van der Waals surface area contributed by atoms with Gasteiger partial charge in [-0.2, -0.15) is 0 Å². The van der Waals surface area contributed by atoms with E-state index in [1.54, 1.807) is 56.3 Å². The van der Waals surface area contributed by atoms with Gasteiger partial charge in [-0.1, -0.05) is 75.4 Å². The molecule has 1 aromatic heterocycles. The van der Waals surface area contributed by atoms with Crippen molar-refractivity contribution >= 4 is 54.0 Å². The number of hydrogen-bond acceptors (Lipinski definition) is 6. The second kappa shape index (κ2) is 8.18. The molecule has 0 unspecified atom stereocenters. The first-order valence-corrected chi connectivity index (χ1v) is 12.5. The largest absolute Gasteiger partial charge is 0.413 e. The summed E-state index contributed by atoms with van der Waals surface area (Å²) in [5.74, 6) is -0.883. The average molecular weight is 470 g/mol. The molecule has 0 N–H and O–H groups in total. The Morgan fingerprint density at radius 3 is 2.19 bits per heavy atom. The number of nitrogens with zero attached hydrogens (tertiary/aromatic N) is 1. The third-order valence-electron chi connectivity index (χ3n) is 5.32. The van der Waals surface area contributed by atoms with Crippen LogP contribution in [-0.4, -0.2) is 14.3 Å². The molecule has 4 rings (SSSR count). The van der Waals surface area contributed by atoms with Gasteiger partial charge in [0, 0.05) is 16.7 Å². The topological polar surface area (TPSA) is 84.7 Å². The van der Waals surface area contributed by atoms with Gasteiger partial charge in [0.25, 0.3) is 10.0 Å². The van der Waals surface area contributed by atoms with Crippen molar-refractivity contribution < 1.29 is 17.6 Å². The molecule has 0 aliphatic rings. The van der Waals surface area contributed by atoms with E-state index >= 15 is 0 Å². The standard InChI is InChI=1S/C24H23NO5S2/c1-14(2)16-9-11-17(12-10-16)32(28,29)25(23(26)15(3)4)20-13-21-22(30-24(27)31-21)19-8-6-5-7-18(19)20/h5-15H,1-4H3. The summed E-state index contributed by atoms with van der Waals surface area (Å²) in [5.41, 5.74) is 1.59. The highest BCUT2D eigenvalue weighted by Crippen LogP contribution is 2.38. The molecular weight excluding hydrogens is 446 g/mol. The fraction of sp³-hybridized carbons (Fsp3) is 0.250. The number of carbonyl (C=O) groups is 1. The first-order valence-electron chi connectivity index (χ1n) is 10.3. The molecule has 0 fully saturated rings. The van der Waals surface area contributed by atoms with Crippen molar-refractivity contribution in [1.29, 1.82) is 0 Å². The molecule has 1 amide bonds. The van der Waals surface area contributed by atoms with Crippen LogP contribution in [0.4, 0.5) is 5.69 Å². The summed E-state index contributed by atoms with van der Waals surface area (Å²) in [7, 11) is -4.21. The van der Waals surface area contributed by atoms with E-state index in [-0.39, 0.29) is 16.5 Å². The Hall–Kier alpha value is -2.97. The zero-order valence-corrected chi connectivity index (χ0v) is 19.8. The molecule has 0 atom stereocenters. The van der Waals surface area contributed by atoms with Gasteiger partial charge in [-0.05, 0) is 29.7 Å². The van der Waals surface area contributed by atoms with Gasteiger partial charge in [-0.3, -0.25) is 4.79 Å². The minimum absolute atomic E-state index is 0.0282. The molecule has 0 saturated carbocycles. The Bertz CT molecular complexity index is 1480. The smallest absolute Gasteiger partial charge is 0.396 e. The first kappa shape index (κ1) is 22.2. The molecule has 0 bridgehead atoms. The van der Waals surface area contributed by atoms with Gasteiger partial charge in [0.2, 0.25) is 5.91 Å². The van der Waals surface area contributed by atoms with Gasteiger partial charge >= 0.3 is 4.94 Å². The van der Waals surface area contributed by atoms with Crippen molar-refractivity contribution in [2.24, 2.45) is 5.92 Å². The van der Waals surface area contributed by atoms with E-state index < -0.39 is 26.8 Å². The summed E-state index contributed by atoms with van der Waals surface area (Å²) in [6, 6.07) is 15.1. The fourth-order valence-corrected chi connectivity index (χ4v) is 5.85. The Morgan fingerprint density at radius 2 is 1.59 bits per heavy atom. The summed E-state index contributed by atoms with van der Waals surface area (Å²) in [5, 5.41) is 1.09. The molecule has 1 heterocycles. The number of anilines is 1. The quantitative estimate of drug-likeness (QED) is 0.385. The van der Waals surface area contributed by atoms with Gasteiger partial charge in [-0.15, -0.1) is 0 Å². The third kappa shape index (κ3) is 3.73. The Kier molecular flexibility index (Phi) is 5.68. The summed E-state index contributed by atoms with van der Waals surface area (Å²) >= 11 is 0.875. The second-order valence-corrected chi connectivity index (χ2v) is 11.0. The molecular formula is C24H23NO5S2. The predicted molar refractivity (Wildman–Crippen MR) is 128 cm³/mol.